The van der Waals surface area contributed by atoms with E-state index in [9.17, 15) is 5.11 Å². The van der Waals surface area contributed by atoms with Gasteiger partial charge >= 0.3 is 0 Å². The summed E-state index contributed by atoms with van der Waals surface area (Å²) in [6.45, 7) is 4.70. The lowest BCUT2D eigenvalue weighted by molar-refractivity contribution is 0.130. The van der Waals surface area contributed by atoms with Gasteiger partial charge in [-0.3, -0.25) is 0 Å². The maximum absolute atomic E-state index is 9.50. The zero-order valence-corrected chi connectivity index (χ0v) is 9.57. The third-order valence-corrected chi connectivity index (χ3v) is 2.33. The molecule has 0 aliphatic heterocycles. The highest BCUT2D eigenvalue weighted by atomic mass is 16.5. The number of aryl methyl sites for hydroxylation is 1. The van der Waals surface area contributed by atoms with Gasteiger partial charge in [0.1, 0.15) is 5.75 Å². The number of aliphatic hydroxyl groups excluding tert-OH is 1. The zero-order valence-electron chi connectivity index (χ0n) is 9.57. The first-order valence-corrected chi connectivity index (χ1v) is 5.60. The Morgan fingerprint density at radius 1 is 1.33 bits per heavy atom. The average molecular weight is 208 g/mol. The first-order valence-electron chi connectivity index (χ1n) is 5.60. The van der Waals surface area contributed by atoms with Crippen molar-refractivity contribution in [3.63, 3.8) is 0 Å². The summed E-state index contributed by atoms with van der Waals surface area (Å²) >= 11 is 0. The summed E-state index contributed by atoms with van der Waals surface area (Å²) in [4.78, 5) is 0. The maximum atomic E-state index is 9.50. The van der Waals surface area contributed by atoms with Crippen molar-refractivity contribution in [1.29, 1.82) is 0 Å². The fraction of sp³-hybridized carbons (Fsp3) is 0.538. The molecule has 1 unspecified atom stereocenters. The largest absolute Gasteiger partial charge is 0.493 e. The van der Waals surface area contributed by atoms with Crippen molar-refractivity contribution < 1.29 is 9.84 Å². The van der Waals surface area contributed by atoms with Gasteiger partial charge in [0.05, 0.1) is 12.7 Å². The van der Waals surface area contributed by atoms with Crippen molar-refractivity contribution in [3.8, 4) is 5.75 Å². The Bertz CT molecular complexity index is 284. The molecule has 0 aromatic heterocycles. The van der Waals surface area contributed by atoms with Gasteiger partial charge in [0.2, 0.25) is 0 Å². The third kappa shape index (κ3) is 4.84. The summed E-state index contributed by atoms with van der Waals surface area (Å²) < 4.78 is 5.54. The van der Waals surface area contributed by atoms with Crippen LogP contribution in [0.2, 0.25) is 0 Å². The molecule has 1 aromatic rings. The van der Waals surface area contributed by atoms with Crippen LogP contribution in [0.15, 0.2) is 24.3 Å². The predicted molar refractivity (Wildman–Crippen MR) is 62.2 cm³/mol. The molecule has 0 heterocycles. The van der Waals surface area contributed by atoms with Crippen molar-refractivity contribution in [2.45, 2.75) is 39.2 Å². The third-order valence-electron chi connectivity index (χ3n) is 2.33. The molecular weight excluding hydrogens is 188 g/mol. The van der Waals surface area contributed by atoms with Gasteiger partial charge in [-0.15, -0.1) is 0 Å². The molecule has 15 heavy (non-hydrogen) atoms. The Labute approximate surface area is 91.9 Å². The molecular formula is C13H20O2. The van der Waals surface area contributed by atoms with Crippen LogP contribution in [0.25, 0.3) is 0 Å². The number of hydrogen-bond donors (Lipinski definition) is 1. The van der Waals surface area contributed by atoms with E-state index in [2.05, 4.69) is 6.92 Å². The smallest absolute Gasteiger partial charge is 0.119 e. The minimum absolute atomic E-state index is 0.222. The summed E-state index contributed by atoms with van der Waals surface area (Å²) in [6.07, 6.45) is 2.37. The Balaban J connectivity index is 2.25. The van der Waals surface area contributed by atoms with Crippen molar-refractivity contribution in [2.24, 2.45) is 0 Å². The summed E-state index contributed by atoms with van der Waals surface area (Å²) in [6, 6.07) is 7.97. The highest BCUT2D eigenvalue weighted by Gasteiger charge is 2.02. The summed E-state index contributed by atoms with van der Waals surface area (Å²) in [5, 5.41) is 9.50. The minimum atomic E-state index is -0.222. The molecule has 0 spiro atoms. The van der Waals surface area contributed by atoms with Crippen molar-refractivity contribution in [3.05, 3.63) is 29.8 Å². The van der Waals surface area contributed by atoms with Crippen molar-refractivity contribution in [1.82, 2.24) is 0 Å². The molecule has 0 saturated heterocycles. The SMILES string of the molecule is CCCC(O)CCOc1cccc(C)c1. The second kappa shape index (κ2) is 6.46. The van der Waals surface area contributed by atoms with Crippen LogP contribution in [0.5, 0.6) is 5.75 Å². The van der Waals surface area contributed by atoms with Gasteiger partial charge < -0.3 is 9.84 Å². The van der Waals surface area contributed by atoms with E-state index < -0.39 is 0 Å². The molecule has 2 nitrogen and oxygen atoms in total. The molecule has 84 valence electrons. The predicted octanol–water partition coefficient (Wildman–Crippen LogP) is 2.92. The molecule has 0 bridgehead atoms. The van der Waals surface area contributed by atoms with Crippen LogP contribution in [-0.2, 0) is 0 Å². The second-order valence-electron chi connectivity index (χ2n) is 3.90. The summed E-state index contributed by atoms with van der Waals surface area (Å²) in [7, 11) is 0. The molecule has 0 aliphatic carbocycles. The van der Waals surface area contributed by atoms with Crippen LogP contribution in [0.3, 0.4) is 0 Å². The van der Waals surface area contributed by atoms with E-state index in [0.29, 0.717) is 13.0 Å². The molecule has 0 saturated carbocycles. The summed E-state index contributed by atoms with van der Waals surface area (Å²) in [5.41, 5.74) is 1.20. The standard InChI is InChI=1S/C13H20O2/c1-3-5-12(14)8-9-15-13-7-4-6-11(2)10-13/h4,6-7,10,12,14H,3,5,8-9H2,1-2H3. The van der Waals surface area contributed by atoms with Crippen LogP contribution in [-0.4, -0.2) is 17.8 Å². The fourth-order valence-electron chi connectivity index (χ4n) is 1.50. The van der Waals surface area contributed by atoms with E-state index in [1.807, 2.05) is 31.2 Å². The Kier molecular flexibility index (Phi) is 5.19. The Morgan fingerprint density at radius 2 is 2.13 bits per heavy atom. The van der Waals surface area contributed by atoms with Gasteiger partial charge in [0.25, 0.3) is 0 Å². The Hall–Kier alpha value is -1.02. The zero-order chi connectivity index (χ0) is 11.1. The van der Waals surface area contributed by atoms with Gasteiger partial charge in [-0.05, 0) is 31.0 Å². The average Bonchev–Trinajstić information content (AvgIpc) is 2.18. The maximum Gasteiger partial charge on any atom is 0.119 e. The Morgan fingerprint density at radius 3 is 2.80 bits per heavy atom. The topological polar surface area (TPSA) is 29.5 Å². The highest BCUT2D eigenvalue weighted by molar-refractivity contribution is 5.27. The molecule has 1 rings (SSSR count). The van der Waals surface area contributed by atoms with E-state index >= 15 is 0 Å². The number of hydrogen-bond acceptors (Lipinski definition) is 2. The first-order chi connectivity index (χ1) is 7.22. The molecule has 1 N–H and O–H groups in total. The van der Waals surface area contributed by atoms with Gasteiger partial charge in [0.15, 0.2) is 0 Å². The molecule has 0 amide bonds. The minimum Gasteiger partial charge on any atom is -0.493 e. The first kappa shape index (κ1) is 12.1. The normalized spacial score (nSPS) is 12.5. The van der Waals surface area contributed by atoms with E-state index in [1.165, 1.54) is 5.56 Å². The van der Waals surface area contributed by atoms with E-state index in [0.717, 1.165) is 18.6 Å². The molecule has 0 radical (unpaired) electrons. The van der Waals surface area contributed by atoms with Crippen LogP contribution in [0.4, 0.5) is 0 Å². The van der Waals surface area contributed by atoms with Crippen molar-refractivity contribution >= 4 is 0 Å². The number of aliphatic hydroxyl groups is 1. The lowest BCUT2D eigenvalue weighted by Gasteiger charge is -2.10. The summed E-state index contributed by atoms with van der Waals surface area (Å²) in [5.74, 6) is 0.888. The molecule has 1 atom stereocenters. The fourth-order valence-corrected chi connectivity index (χ4v) is 1.50. The van der Waals surface area contributed by atoms with Crippen LogP contribution in [0.1, 0.15) is 31.7 Å². The van der Waals surface area contributed by atoms with E-state index in [-0.39, 0.29) is 6.10 Å². The van der Waals surface area contributed by atoms with Gasteiger partial charge in [-0.1, -0.05) is 25.5 Å². The number of benzene rings is 1. The molecule has 1 aromatic carbocycles. The highest BCUT2D eigenvalue weighted by Crippen LogP contribution is 2.13. The van der Waals surface area contributed by atoms with E-state index in [4.69, 9.17) is 4.74 Å². The molecule has 0 fully saturated rings. The molecule has 0 aliphatic rings. The van der Waals surface area contributed by atoms with Gasteiger partial charge in [-0.25, -0.2) is 0 Å². The lowest BCUT2D eigenvalue weighted by atomic mass is 10.1. The number of ether oxygens (including phenoxy) is 1. The van der Waals surface area contributed by atoms with Gasteiger partial charge in [0, 0.05) is 6.42 Å². The van der Waals surface area contributed by atoms with Crippen molar-refractivity contribution in [2.75, 3.05) is 6.61 Å². The van der Waals surface area contributed by atoms with Crippen LogP contribution >= 0.6 is 0 Å². The quantitative estimate of drug-likeness (QED) is 0.779. The van der Waals surface area contributed by atoms with Crippen LogP contribution in [0, 0.1) is 6.92 Å². The second-order valence-corrected chi connectivity index (χ2v) is 3.90. The lowest BCUT2D eigenvalue weighted by Crippen LogP contribution is -2.11. The van der Waals surface area contributed by atoms with E-state index in [1.54, 1.807) is 0 Å². The number of rotatable bonds is 6. The van der Waals surface area contributed by atoms with Crippen LogP contribution < -0.4 is 4.74 Å². The van der Waals surface area contributed by atoms with Gasteiger partial charge in [-0.2, -0.15) is 0 Å². The molecule has 2 heteroatoms. The monoisotopic (exact) mass is 208 g/mol.